The zero-order valence-electron chi connectivity index (χ0n) is 9.40. The molecule has 0 atom stereocenters. The fourth-order valence-electron chi connectivity index (χ4n) is 1.63. The number of thioether (sulfide) groups is 1. The summed E-state index contributed by atoms with van der Waals surface area (Å²) >= 11 is 1.57. The van der Waals surface area contributed by atoms with Crippen LogP contribution in [0.3, 0.4) is 0 Å². The zero-order valence-corrected chi connectivity index (χ0v) is 10.2. The number of nitrogen functional groups attached to an aromatic ring is 1. The molecule has 82 valence electrons. The van der Waals surface area contributed by atoms with Crippen molar-refractivity contribution in [3.63, 3.8) is 0 Å². The summed E-state index contributed by atoms with van der Waals surface area (Å²) in [4.78, 5) is 4.56. The first-order valence-electron chi connectivity index (χ1n) is 5.09. The molecular weight excluding hydrogens is 216 g/mol. The molecule has 16 heavy (non-hydrogen) atoms. The maximum Gasteiger partial charge on any atom is 0.119 e. The lowest BCUT2D eigenvalue weighted by atomic mass is 10.1. The summed E-state index contributed by atoms with van der Waals surface area (Å²) in [5.41, 5.74) is 9.95. The number of pyridine rings is 1. The van der Waals surface area contributed by atoms with E-state index in [9.17, 15) is 0 Å². The Kier molecular flexibility index (Phi) is 3.15. The Morgan fingerprint density at radius 2 is 1.88 bits per heavy atom. The summed E-state index contributed by atoms with van der Waals surface area (Å²) in [6, 6.07) is 12.1. The van der Waals surface area contributed by atoms with E-state index in [-0.39, 0.29) is 0 Å². The number of aryl methyl sites for hydroxylation is 1. The highest BCUT2D eigenvalue weighted by Gasteiger charge is 2.05. The van der Waals surface area contributed by atoms with Gasteiger partial charge in [0, 0.05) is 5.56 Å². The van der Waals surface area contributed by atoms with Gasteiger partial charge in [0.25, 0.3) is 0 Å². The lowest BCUT2D eigenvalue weighted by Crippen LogP contribution is -1.94. The maximum atomic E-state index is 5.83. The van der Waals surface area contributed by atoms with Gasteiger partial charge in [-0.05, 0) is 30.9 Å². The summed E-state index contributed by atoms with van der Waals surface area (Å²) in [6.07, 6.45) is 1.99. The topological polar surface area (TPSA) is 38.9 Å². The van der Waals surface area contributed by atoms with Crippen LogP contribution in [0.2, 0.25) is 0 Å². The fourth-order valence-corrected chi connectivity index (χ4v) is 2.12. The van der Waals surface area contributed by atoms with E-state index >= 15 is 0 Å². The SMILES string of the molecule is CSc1nc(-c2ccccc2C)ccc1N. The molecule has 0 aliphatic carbocycles. The highest BCUT2D eigenvalue weighted by molar-refractivity contribution is 7.98. The molecule has 2 N–H and O–H groups in total. The third-order valence-electron chi connectivity index (χ3n) is 2.50. The Balaban J connectivity index is 2.53. The van der Waals surface area contributed by atoms with E-state index < -0.39 is 0 Å². The van der Waals surface area contributed by atoms with Crippen molar-refractivity contribution in [3.8, 4) is 11.3 Å². The van der Waals surface area contributed by atoms with E-state index in [0.29, 0.717) is 0 Å². The molecule has 0 bridgehead atoms. The molecule has 1 aromatic heterocycles. The largest absolute Gasteiger partial charge is 0.397 e. The van der Waals surface area contributed by atoms with Gasteiger partial charge in [0.1, 0.15) is 5.03 Å². The minimum atomic E-state index is 0.741. The molecule has 1 heterocycles. The number of hydrogen-bond acceptors (Lipinski definition) is 3. The Labute approximate surface area is 99.9 Å². The van der Waals surface area contributed by atoms with E-state index in [1.165, 1.54) is 5.56 Å². The van der Waals surface area contributed by atoms with Crippen LogP contribution in [-0.4, -0.2) is 11.2 Å². The second kappa shape index (κ2) is 4.58. The first-order chi connectivity index (χ1) is 7.72. The molecule has 0 spiro atoms. The van der Waals surface area contributed by atoms with Crippen LogP contribution < -0.4 is 5.73 Å². The van der Waals surface area contributed by atoms with Crippen molar-refractivity contribution in [1.82, 2.24) is 4.98 Å². The average Bonchev–Trinajstić information content (AvgIpc) is 2.31. The molecule has 0 fully saturated rings. The molecule has 0 aliphatic heterocycles. The highest BCUT2D eigenvalue weighted by atomic mass is 32.2. The number of nitrogens with zero attached hydrogens (tertiary/aromatic N) is 1. The van der Waals surface area contributed by atoms with Crippen LogP contribution in [0.25, 0.3) is 11.3 Å². The molecule has 0 saturated heterocycles. The number of rotatable bonds is 2. The van der Waals surface area contributed by atoms with Gasteiger partial charge in [0.2, 0.25) is 0 Å². The van der Waals surface area contributed by atoms with Gasteiger partial charge in [-0.3, -0.25) is 0 Å². The quantitative estimate of drug-likeness (QED) is 0.804. The normalized spacial score (nSPS) is 10.4. The van der Waals surface area contributed by atoms with Crippen molar-refractivity contribution in [2.75, 3.05) is 12.0 Å². The van der Waals surface area contributed by atoms with Crippen molar-refractivity contribution in [2.24, 2.45) is 0 Å². The molecule has 2 nitrogen and oxygen atoms in total. The number of nitrogens with two attached hydrogens (primary N) is 1. The van der Waals surface area contributed by atoms with Crippen molar-refractivity contribution in [2.45, 2.75) is 11.9 Å². The minimum absolute atomic E-state index is 0.741. The molecule has 0 radical (unpaired) electrons. The van der Waals surface area contributed by atoms with Gasteiger partial charge in [-0.1, -0.05) is 24.3 Å². The van der Waals surface area contributed by atoms with Crippen LogP contribution in [0.4, 0.5) is 5.69 Å². The third-order valence-corrected chi connectivity index (χ3v) is 3.22. The van der Waals surface area contributed by atoms with Crippen LogP contribution in [0, 0.1) is 6.92 Å². The smallest absolute Gasteiger partial charge is 0.119 e. The number of aromatic nitrogens is 1. The number of benzene rings is 1. The highest BCUT2D eigenvalue weighted by Crippen LogP contribution is 2.27. The van der Waals surface area contributed by atoms with E-state index in [1.807, 2.05) is 30.5 Å². The molecule has 2 rings (SSSR count). The van der Waals surface area contributed by atoms with Gasteiger partial charge < -0.3 is 5.73 Å². The van der Waals surface area contributed by atoms with Gasteiger partial charge >= 0.3 is 0 Å². The van der Waals surface area contributed by atoms with E-state index in [4.69, 9.17) is 5.73 Å². The molecule has 0 amide bonds. The van der Waals surface area contributed by atoms with Crippen LogP contribution >= 0.6 is 11.8 Å². The monoisotopic (exact) mass is 230 g/mol. The van der Waals surface area contributed by atoms with E-state index in [0.717, 1.165) is 22.0 Å². The summed E-state index contributed by atoms with van der Waals surface area (Å²) in [5, 5.41) is 0.890. The lowest BCUT2D eigenvalue weighted by molar-refractivity contribution is 1.15. The Hall–Kier alpha value is -1.48. The van der Waals surface area contributed by atoms with Gasteiger partial charge in [-0.15, -0.1) is 11.8 Å². The van der Waals surface area contributed by atoms with E-state index in [1.54, 1.807) is 11.8 Å². The second-order valence-electron chi connectivity index (χ2n) is 3.61. The van der Waals surface area contributed by atoms with Gasteiger partial charge in [0.15, 0.2) is 0 Å². The molecule has 2 aromatic rings. The predicted molar refractivity (Wildman–Crippen MR) is 70.6 cm³/mol. The predicted octanol–water partition coefficient (Wildman–Crippen LogP) is 3.36. The van der Waals surface area contributed by atoms with Crippen LogP contribution in [-0.2, 0) is 0 Å². The van der Waals surface area contributed by atoms with Gasteiger partial charge in [-0.2, -0.15) is 0 Å². The van der Waals surface area contributed by atoms with Crippen molar-refractivity contribution in [3.05, 3.63) is 42.0 Å². The van der Waals surface area contributed by atoms with Crippen LogP contribution in [0.5, 0.6) is 0 Å². The van der Waals surface area contributed by atoms with Crippen molar-refractivity contribution >= 4 is 17.4 Å². The van der Waals surface area contributed by atoms with Crippen molar-refractivity contribution < 1.29 is 0 Å². The van der Waals surface area contributed by atoms with Crippen LogP contribution in [0.1, 0.15) is 5.56 Å². The van der Waals surface area contributed by atoms with E-state index in [2.05, 4.69) is 24.0 Å². The molecule has 1 aromatic carbocycles. The first-order valence-corrected chi connectivity index (χ1v) is 6.31. The number of anilines is 1. The molecule has 3 heteroatoms. The summed E-state index contributed by atoms with van der Waals surface area (Å²) in [5.74, 6) is 0. The lowest BCUT2D eigenvalue weighted by Gasteiger charge is -2.07. The van der Waals surface area contributed by atoms with Crippen LogP contribution in [0.15, 0.2) is 41.4 Å². The molecule has 0 saturated carbocycles. The standard InChI is InChI=1S/C13H14N2S/c1-9-5-3-4-6-10(9)12-8-7-11(14)13(15-12)16-2/h3-8H,14H2,1-2H3. The van der Waals surface area contributed by atoms with Crippen molar-refractivity contribution in [1.29, 1.82) is 0 Å². The second-order valence-corrected chi connectivity index (χ2v) is 4.40. The first kappa shape index (κ1) is 11.0. The van der Waals surface area contributed by atoms with Gasteiger partial charge in [-0.25, -0.2) is 4.98 Å². The Morgan fingerprint density at radius 1 is 1.12 bits per heavy atom. The van der Waals surface area contributed by atoms with Gasteiger partial charge in [0.05, 0.1) is 11.4 Å². The maximum absolute atomic E-state index is 5.83. The third kappa shape index (κ3) is 2.04. The Morgan fingerprint density at radius 3 is 2.56 bits per heavy atom. The minimum Gasteiger partial charge on any atom is -0.397 e. The molecule has 0 aliphatic rings. The summed E-state index contributed by atoms with van der Waals surface area (Å²) in [7, 11) is 0. The number of hydrogen-bond donors (Lipinski definition) is 1. The molecule has 0 unspecified atom stereocenters. The summed E-state index contributed by atoms with van der Waals surface area (Å²) in [6.45, 7) is 2.09. The molecular formula is C13H14N2S. The zero-order chi connectivity index (χ0) is 11.5. The fraction of sp³-hybridized carbons (Fsp3) is 0.154. The Bertz CT molecular complexity index is 509. The average molecular weight is 230 g/mol. The summed E-state index contributed by atoms with van der Waals surface area (Å²) < 4.78 is 0.